The van der Waals surface area contributed by atoms with E-state index in [-0.39, 0.29) is 29.4 Å². The van der Waals surface area contributed by atoms with Crippen molar-refractivity contribution in [2.24, 2.45) is 0 Å². The number of amides is 1. The van der Waals surface area contributed by atoms with E-state index in [1.54, 1.807) is 28.6 Å². The number of nitrogens with one attached hydrogen (secondary N) is 1. The molecule has 1 aliphatic heterocycles. The highest BCUT2D eigenvalue weighted by atomic mass is 32.2. The topological polar surface area (TPSA) is 105 Å². The molecule has 1 amide bonds. The van der Waals surface area contributed by atoms with Gasteiger partial charge in [-0.3, -0.25) is 9.69 Å². The summed E-state index contributed by atoms with van der Waals surface area (Å²) in [5.74, 6) is 0.732. The summed E-state index contributed by atoms with van der Waals surface area (Å²) in [6, 6.07) is 30.4. The monoisotopic (exact) mass is 627 g/mol. The Morgan fingerprint density at radius 3 is 2.16 bits per heavy atom. The van der Waals surface area contributed by atoms with Crippen LogP contribution in [0.1, 0.15) is 41.3 Å². The fourth-order valence-electron chi connectivity index (χ4n) is 5.46. The molecular formula is C35H37N3O6S. The second kappa shape index (κ2) is 14.5. The third kappa shape index (κ3) is 8.36. The molecule has 1 saturated heterocycles. The molecule has 4 aromatic carbocycles. The van der Waals surface area contributed by atoms with E-state index in [2.05, 4.69) is 10.2 Å². The smallest absolute Gasteiger partial charge is 0.337 e. The molecule has 5 rings (SSSR count). The number of para-hydroxylation sites is 1. The number of hydrogen-bond donors (Lipinski definition) is 1. The highest BCUT2D eigenvalue weighted by Gasteiger charge is 2.34. The van der Waals surface area contributed by atoms with Gasteiger partial charge >= 0.3 is 5.97 Å². The minimum atomic E-state index is -3.89. The number of methoxy groups -OCH3 is 1. The van der Waals surface area contributed by atoms with Gasteiger partial charge in [0.1, 0.15) is 11.5 Å². The molecule has 234 valence electrons. The summed E-state index contributed by atoms with van der Waals surface area (Å²) in [6.45, 7) is 3.72. The van der Waals surface area contributed by atoms with Gasteiger partial charge in [-0.15, -0.1) is 0 Å². The Balaban J connectivity index is 1.34. The number of rotatable bonds is 11. The highest BCUT2D eigenvalue weighted by molar-refractivity contribution is 7.89. The Morgan fingerprint density at radius 2 is 1.51 bits per heavy atom. The molecule has 0 radical (unpaired) electrons. The minimum Gasteiger partial charge on any atom is -0.465 e. The maximum atomic E-state index is 14.2. The lowest BCUT2D eigenvalue weighted by atomic mass is 10.0. The molecule has 1 fully saturated rings. The van der Waals surface area contributed by atoms with Crippen molar-refractivity contribution < 1.29 is 27.5 Å². The first kappa shape index (κ1) is 31.9. The molecule has 0 aromatic heterocycles. The van der Waals surface area contributed by atoms with Crippen LogP contribution in [0.2, 0.25) is 0 Å². The average Bonchev–Trinajstić information content (AvgIpc) is 3.05. The number of sulfonamides is 1. The molecule has 1 N–H and O–H groups in total. The number of anilines is 1. The Bertz CT molecular complexity index is 1700. The average molecular weight is 628 g/mol. The van der Waals surface area contributed by atoms with Gasteiger partial charge in [0, 0.05) is 44.8 Å². The summed E-state index contributed by atoms with van der Waals surface area (Å²) in [4.78, 5) is 25.7. The van der Waals surface area contributed by atoms with E-state index >= 15 is 0 Å². The van der Waals surface area contributed by atoms with E-state index < -0.39 is 10.0 Å². The van der Waals surface area contributed by atoms with E-state index in [9.17, 15) is 18.0 Å². The van der Waals surface area contributed by atoms with Crippen molar-refractivity contribution in [1.29, 1.82) is 0 Å². The molecule has 0 aliphatic carbocycles. The number of piperidine rings is 1. The lowest BCUT2D eigenvalue weighted by Gasteiger charge is -2.38. The Kier molecular flexibility index (Phi) is 10.3. The van der Waals surface area contributed by atoms with E-state index in [0.29, 0.717) is 55.2 Å². The summed E-state index contributed by atoms with van der Waals surface area (Å²) in [6.07, 6.45) is 1.31. The second-order valence-corrected chi connectivity index (χ2v) is 12.9. The van der Waals surface area contributed by atoms with Crippen LogP contribution in [0.25, 0.3) is 0 Å². The lowest BCUT2D eigenvalue weighted by molar-refractivity contribution is -0.114. The summed E-state index contributed by atoms with van der Waals surface area (Å²) in [7, 11) is -2.53. The quantitative estimate of drug-likeness (QED) is 0.201. The van der Waals surface area contributed by atoms with Crippen LogP contribution in [0.15, 0.2) is 108 Å². The number of likely N-dealkylation sites (tertiary alicyclic amines) is 1. The van der Waals surface area contributed by atoms with Gasteiger partial charge in [-0.25, -0.2) is 13.2 Å². The molecule has 0 unspecified atom stereocenters. The maximum absolute atomic E-state index is 14.2. The van der Waals surface area contributed by atoms with Crippen LogP contribution in [-0.4, -0.2) is 55.7 Å². The van der Waals surface area contributed by atoms with Gasteiger partial charge in [0.15, 0.2) is 0 Å². The largest absolute Gasteiger partial charge is 0.465 e. The van der Waals surface area contributed by atoms with Gasteiger partial charge in [-0.1, -0.05) is 42.5 Å². The predicted octanol–water partition coefficient (Wildman–Crippen LogP) is 6.08. The van der Waals surface area contributed by atoms with Crippen LogP contribution in [0.4, 0.5) is 5.69 Å². The molecule has 10 heteroatoms. The van der Waals surface area contributed by atoms with E-state index in [4.69, 9.17) is 9.47 Å². The first-order chi connectivity index (χ1) is 21.7. The first-order valence-electron chi connectivity index (χ1n) is 14.8. The fourth-order valence-corrected chi connectivity index (χ4v) is 7.13. The zero-order valence-corrected chi connectivity index (χ0v) is 26.2. The second-order valence-electron chi connectivity index (χ2n) is 11.0. The van der Waals surface area contributed by atoms with Crippen LogP contribution in [0, 0.1) is 0 Å². The van der Waals surface area contributed by atoms with Crippen molar-refractivity contribution in [3.63, 3.8) is 0 Å². The molecule has 9 nitrogen and oxygen atoms in total. The van der Waals surface area contributed by atoms with Gasteiger partial charge in [0.25, 0.3) is 0 Å². The summed E-state index contributed by atoms with van der Waals surface area (Å²) in [5, 5.41) is 2.69. The molecule has 4 aromatic rings. The molecule has 1 aliphatic rings. The number of benzene rings is 4. The van der Waals surface area contributed by atoms with Crippen molar-refractivity contribution in [3.8, 4) is 11.5 Å². The van der Waals surface area contributed by atoms with Crippen LogP contribution in [0.5, 0.6) is 11.5 Å². The van der Waals surface area contributed by atoms with Crippen LogP contribution in [0.3, 0.4) is 0 Å². The van der Waals surface area contributed by atoms with Crippen LogP contribution < -0.4 is 10.1 Å². The van der Waals surface area contributed by atoms with Crippen molar-refractivity contribution >= 4 is 27.6 Å². The molecule has 45 heavy (non-hydrogen) atoms. The predicted molar refractivity (Wildman–Crippen MR) is 173 cm³/mol. The Morgan fingerprint density at radius 1 is 0.844 bits per heavy atom. The van der Waals surface area contributed by atoms with Gasteiger partial charge < -0.3 is 14.8 Å². The third-order valence-electron chi connectivity index (χ3n) is 7.74. The van der Waals surface area contributed by atoms with Gasteiger partial charge in [-0.05, 0) is 84.6 Å². The van der Waals surface area contributed by atoms with Crippen LogP contribution in [-0.2, 0) is 32.6 Å². The number of ether oxygens (including phenoxy) is 2. The molecule has 0 bridgehead atoms. The summed E-state index contributed by atoms with van der Waals surface area (Å²) < 4.78 is 40.8. The Hall–Kier alpha value is -4.51. The molecule has 0 spiro atoms. The van der Waals surface area contributed by atoms with Gasteiger partial charge in [0.2, 0.25) is 15.9 Å². The summed E-state index contributed by atoms with van der Waals surface area (Å²) >= 11 is 0. The Labute approximate surface area is 264 Å². The van der Waals surface area contributed by atoms with Crippen LogP contribution >= 0.6 is 0 Å². The SMILES string of the molecule is COC(=O)c1ccc(CN2CCC(N(Cc3cccc(Oc4ccccc4)c3)S(=O)(=O)c3ccc(NC(C)=O)cc3)CC2)cc1. The van der Waals surface area contributed by atoms with E-state index in [1.807, 2.05) is 66.7 Å². The fraction of sp³-hybridized carbons (Fsp3) is 0.257. The third-order valence-corrected chi connectivity index (χ3v) is 9.66. The number of nitrogens with zero attached hydrogens (tertiary/aromatic N) is 2. The maximum Gasteiger partial charge on any atom is 0.337 e. The zero-order valence-electron chi connectivity index (χ0n) is 25.4. The molecule has 0 saturated carbocycles. The van der Waals surface area contributed by atoms with Gasteiger partial charge in [-0.2, -0.15) is 4.31 Å². The number of hydrogen-bond acceptors (Lipinski definition) is 7. The van der Waals surface area contributed by atoms with E-state index in [1.165, 1.54) is 26.2 Å². The highest BCUT2D eigenvalue weighted by Crippen LogP contribution is 2.30. The number of carbonyl (C=O) groups is 2. The summed E-state index contributed by atoms with van der Waals surface area (Å²) in [5.41, 5.74) is 2.92. The van der Waals surface area contributed by atoms with Crippen molar-refractivity contribution in [1.82, 2.24) is 9.21 Å². The molecule has 1 heterocycles. The normalized spacial score (nSPS) is 14.2. The zero-order chi connectivity index (χ0) is 31.8. The van der Waals surface area contributed by atoms with Gasteiger partial charge in [0.05, 0.1) is 17.6 Å². The van der Waals surface area contributed by atoms with E-state index in [0.717, 1.165) is 11.1 Å². The van der Waals surface area contributed by atoms with Crippen molar-refractivity contribution in [2.75, 3.05) is 25.5 Å². The van der Waals surface area contributed by atoms with Crippen molar-refractivity contribution in [3.05, 3.63) is 120 Å². The van der Waals surface area contributed by atoms with Crippen molar-refractivity contribution in [2.45, 2.75) is 43.8 Å². The lowest BCUT2D eigenvalue weighted by Crippen LogP contribution is -2.46. The molecular weight excluding hydrogens is 590 g/mol. The first-order valence-corrected chi connectivity index (χ1v) is 16.3. The minimum absolute atomic E-state index is 0.168. The molecule has 0 atom stereocenters. The number of carbonyl (C=O) groups excluding carboxylic acids is 2. The number of esters is 1. The standard InChI is InChI=1S/C35H37N3O6S/c1-26(39)36-30-15-17-34(18-16-30)45(41,42)38(25-28-7-6-10-33(23-28)44-32-8-4-3-5-9-32)31-19-21-37(22-20-31)24-27-11-13-29(14-12-27)35(40)43-2/h3-18,23,31H,19-22,24-25H2,1-2H3,(H,36,39).